The molecule has 0 aromatic rings. The molecule has 0 aliphatic heterocycles. The zero-order valence-corrected chi connectivity index (χ0v) is 20.6. The van der Waals surface area contributed by atoms with Gasteiger partial charge in [0.25, 0.3) is 0 Å². The van der Waals surface area contributed by atoms with E-state index in [2.05, 4.69) is 60.6 Å². The highest BCUT2D eigenvalue weighted by molar-refractivity contribution is 5.27. The second-order valence-electron chi connectivity index (χ2n) is 12.7. The van der Waals surface area contributed by atoms with Crippen molar-refractivity contribution >= 4 is 0 Å². The molecular formula is C29H48. The van der Waals surface area contributed by atoms with Crippen molar-refractivity contribution in [1.29, 1.82) is 0 Å². The third-order valence-corrected chi connectivity index (χ3v) is 11.2. The monoisotopic (exact) mass is 396 g/mol. The van der Waals surface area contributed by atoms with Crippen LogP contribution in [-0.4, -0.2) is 0 Å². The summed E-state index contributed by atoms with van der Waals surface area (Å²) in [5, 5.41) is 0. The van der Waals surface area contributed by atoms with E-state index < -0.39 is 0 Å². The summed E-state index contributed by atoms with van der Waals surface area (Å²) >= 11 is 0. The van der Waals surface area contributed by atoms with Crippen LogP contribution in [0.25, 0.3) is 0 Å². The van der Waals surface area contributed by atoms with Crippen molar-refractivity contribution in [1.82, 2.24) is 0 Å². The van der Waals surface area contributed by atoms with Crippen molar-refractivity contribution in [3.8, 4) is 0 Å². The van der Waals surface area contributed by atoms with Crippen molar-refractivity contribution in [3.63, 3.8) is 0 Å². The third kappa shape index (κ3) is 3.22. The summed E-state index contributed by atoms with van der Waals surface area (Å²) in [6.45, 7) is 17.7. The quantitative estimate of drug-likeness (QED) is 0.416. The Balaban J connectivity index is 1.59. The van der Waals surface area contributed by atoms with Gasteiger partial charge in [-0.15, -0.1) is 0 Å². The Morgan fingerprint density at radius 3 is 2.48 bits per heavy atom. The molecule has 0 saturated heterocycles. The molecule has 3 fully saturated rings. The van der Waals surface area contributed by atoms with Gasteiger partial charge < -0.3 is 0 Å². The van der Waals surface area contributed by atoms with Crippen molar-refractivity contribution in [2.75, 3.05) is 0 Å². The molecule has 0 radical (unpaired) electrons. The lowest BCUT2D eigenvalue weighted by atomic mass is 9.41. The molecule has 0 amide bonds. The maximum atomic E-state index is 2.76. The van der Waals surface area contributed by atoms with Gasteiger partial charge in [-0.2, -0.15) is 0 Å². The number of hydrogen-bond acceptors (Lipinski definition) is 0. The molecular weight excluding hydrogens is 348 g/mol. The summed E-state index contributed by atoms with van der Waals surface area (Å²) < 4.78 is 0. The highest BCUT2D eigenvalue weighted by Gasteiger charge is 2.64. The molecule has 0 nitrogen and oxygen atoms in total. The van der Waals surface area contributed by atoms with Crippen molar-refractivity contribution in [2.24, 2.45) is 45.8 Å². The summed E-state index contributed by atoms with van der Waals surface area (Å²) in [5.41, 5.74) is 4.97. The van der Waals surface area contributed by atoms with Crippen LogP contribution in [0, 0.1) is 45.8 Å². The molecule has 4 rings (SSSR count). The Morgan fingerprint density at radius 1 is 1.03 bits per heavy atom. The Labute approximate surface area is 182 Å². The van der Waals surface area contributed by atoms with Gasteiger partial charge in [-0.25, -0.2) is 0 Å². The second-order valence-corrected chi connectivity index (χ2v) is 12.7. The van der Waals surface area contributed by atoms with Crippen LogP contribution in [0.5, 0.6) is 0 Å². The molecule has 0 bridgehead atoms. The van der Waals surface area contributed by atoms with Crippen LogP contribution in [0.4, 0.5) is 0 Å². The minimum atomic E-state index is 0.512. The SMILES string of the molecule is CC(C)=CCCC(C)C1CCC2(C)C3CC=C4C(C)CCCC4(C)C3CCC12C. The predicted molar refractivity (Wildman–Crippen MR) is 127 cm³/mol. The molecule has 3 saturated carbocycles. The van der Waals surface area contributed by atoms with Gasteiger partial charge in [-0.3, -0.25) is 0 Å². The van der Waals surface area contributed by atoms with E-state index in [0.29, 0.717) is 16.2 Å². The van der Waals surface area contributed by atoms with Crippen molar-refractivity contribution < 1.29 is 0 Å². The van der Waals surface area contributed by atoms with Crippen LogP contribution in [0.3, 0.4) is 0 Å². The van der Waals surface area contributed by atoms with Gasteiger partial charge in [0.15, 0.2) is 0 Å². The molecule has 0 heterocycles. The maximum absolute atomic E-state index is 2.76. The molecule has 0 N–H and O–H groups in total. The van der Waals surface area contributed by atoms with Crippen LogP contribution in [0.15, 0.2) is 23.3 Å². The molecule has 4 aliphatic rings. The molecule has 0 aromatic heterocycles. The second kappa shape index (κ2) is 7.56. The standard InChI is InChI=1S/C29H48/c1-20(2)10-8-11-22(4)24-15-18-29(7)26-14-13-23-21(3)12-9-17-27(23,5)25(26)16-19-28(24,29)6/h10,13,21-22,24-26H,8-9,11-12,14-19H2,1-7H3. The number of allylic oxidation sites excluding steroid dienone is 4. The lowest BCUT2D eigenvalue weighted by Gasteiger charge is -2.63. The predicted octanol–water partition coefficient (Wildman–Crippen LogP) is 8.97. The van der Waals surface area contributed by atoms with Crippen LogP contribution >= 0.6 is 0 Å². The van der Waals surface area contributed by atoms with Gasteiger partial charge in [0.1, 0.15) is 0 Å². The van der Waals surface area contributed by atoms with E-state index in [0.717, 1.165) is 29.6 Å². The average Bonchev–Trinajstić information content (AvgIpc) is 2.93. The minimum Gasteiger partial charge on any atom is -0.0859 e. The van der Waals surface area contributed by atoms with E-state index in [4.69, 9.17) is 0 Å². The zero-order chi connectivity index (χ0) is 21.0. The summed E-state index contributed by atoms with van der Waals surface area (Å²) in [5.74, 6) is 4.51. The van der Waals surface area contributed by atoms with Gasteiger partial charge in [0.05, 0.1) is 0 Å². The lowest BCUT2D eigenvalue weighted by Crippen LogP contribution is -2.55. The average molecular weight is 397 g/mol. The van der Waals surface area contributed by atoms with Gasteiger partial charge in [0.2, 0.25) is 0 Å². The molecule has 29 heavy (non-hydrogen) atoms. The first kappa shape index (κ1) is 21.7. The summed E-state index contributed by atoms with van der Waals surface area (Å²) in [4.78, 5) is 0. The molecule has 0 aromatic carbocycles. The third-order valence-electron chi connectivity index (χ3n) is 11.2. The van der Waals surface area contributed by atoms with Crippen molar-refractivity contribution in [3.05, 3.63) is 23.3 Å². The molecule has 0 heteroatoms. The summed E-state index contributed by atoms with van der Waals surface area (Å²) in [6.07, 6.45) is 19.5. The molecule has 0 spiro atoms. The summed E-state index contributed by atoms with van der Waals surface area (Å²) in [6, 6.07) is 0. The Hall–Kier alpha value is -0.520. The normalized spacial score (nSPS) is 47.5. The summed E-state index contributed by atoms with van der Waals surface area (Å²) in [7, 11) is 0. The van der Waals surface area contributed by atoms with Crippen molar-refractivity contribution in [2.45, 2.75) is 113 Å². The maximum Gasteiger partial charge on any atom is -0.00825 e. The fraction of sp³-hybridized carbons (Fsp3) is 0.862. The zero-order valence-electron chi connectivity index (χ0n) is 20.6. The fourth-order valence-electron chi connectivity index (χ4n) is 9.32. The fourth-order valence-corrected chi connectivity index (χ4v) is 9.32. The van der Waals surface area contributed by atoms with Gasteiger partial charge in [0, 0.05) is 0 Å². The largest absolute Gasteiger partial charge is 0.0859 e. The molecule has 4 aliphatic carbocycles. The molecule has 8 unspecified atom stereocenters. The first-order valence-corrected chi connectivity index (χ1v) is 13.0. The van der Waals surface area contributed by atoms with Crippen LogP contribution in [-0.2, 0) is 0 Å². The van der Waals surface area contributed by atoms with Gasteiger partial charge >= 0.3 is 0 Å². The molecule has 164 valence electrons. The topological polar surface area (TPSA) is 0 Å². The van der Waals surface area contributed by atoms with Crippen LogP contribution in [0.2, 0.25) is 0 Å². The van der Waals surface area contributed by atoms with E-state index in [1.54, 1.807) is 0 Å². The lowest BCUT2D eigenvalue weighted by molar-refractivity contribution is -0.112. The minimum absolute atomic E-state index is 0.512. The van der Waals surface area contributed by atoms with E-state index in [1.165, 1.54) is 69.8 Å². The van der Waals surface area contributed by atoms with Crippen LogP contribution < -0.4 is 0 Å². The highest BCUT2D eigenvalue weighted by Crippen LogP contribution is 2.73. The number of fused-ring (bicyclic) bond motifs is 5. The van der Waals surface area contributed by atoms with E-state index in [9.17, 15) is 0 Å². The Kier molecular flexibility index (Phi) is 5.66. The highest BCUT2D eigenvalue weighted by atomic mass is 14.7. The van der Waals surface area contributed by atoms with E-state index >= 15 is 0 Å². The van der Waals surface area contributed by atoms with Gasteiger partial charge in [-0.1, -0.05) is 64.3 Å². The number of rotatable bonds is 4. The smallest absolute Gasteiger partial charge is 0.00825 e. The first-order valence-electron chi connectivity index (χ1n) is 13.0. The Bertz CT molecular complexity index is 678. The van der Waals surface area contributed by atoms with Gasteiger partial charge in [-0.05, 0) is 117 Å². The van der Waals surface area contributed by atoms with E-state index in [1.807, 2.05) is 5.57 Å². The Morgan fingerprint density at radius 2 is 1.76 bits per heavy atom. The first-order chi connectivity index (χ1) is 13.6. The van der Waals surface area contributed by atoms with Crippen LogP contribution in [0.1, 0.15) is 113 Å². The number of hydrogen-bond donors (Lipinski definition) is 0. The van der Waals surface area contributed by atoms with E-state index in [-0.39, 0.29) is 0 Å². The molecule has 8 atom stereocenters.